The zero-order valence-corrected chi connectivity index (χ0v) is 18.7. The van der Waals surface area contributed by atoms with Crippen LogP contribution in [0.25, 0.3) is 0 Å². The number of piperazine rings is 1. The van der Waals surface area contributed by atoms with Crippen LogP contribution >= 0.6 is 23.2 Å². The number of hydrogen-bond donors (Lipinski definition) is 1. The van der Waals surface area contributed by atoms with E-state index in [0.29, 0.717) is 29.2 Å². The predicted molar refractivity (Wildman–Crippen MR) is 115 cm³/mol. The van der Waals surface area contributed by atoms with Gasteiger partial charge in [0.1, 0.15) is 10.7 Å². The van der Waals surface area contributed by atoms with E-state index in [1.54, 1.807) is 19.1 Å². The molecule has 1 aliphatic rings. The topological polar surface area (TPSA) is 69.7 Å². The van der Waals surface area contributed by atoms with Gasteiger partial charge >= 0.3 is 0 Å². The lowest BCUT2D eigenvalue weighted by molar-refractivity contribution is -0.122. The fraction of sp³-hybridized carbons (Fsp3) is 0.350. The van der Waals surface area contributed by atoms with Crippen molar-refractivity contribution in [1.82, 2.24) is 14.5 Å². The van der Waals surface area contributed by atoms with Crippen molar-refractivity contribution in [3.05, 3.63) is 63.4 Å². The minimum Gasteiger partial charge on any atom is -0.351 e. The highest BCUT2D eigenvalue weighted by Gasteiger charge is 2.30. The smallest absolute Gasteiger partial charge is 0.244 e. The SMILES string of the molecule is Cc1ccc(CNC(=O)CN2CCN(S(=O)(=O)c3cc(Cl)ccc3Cl)CC2)cc1F. The molecule has 1 amide bonds. The number of halogens is 3. The molecule has 0 saturated carbocycles. The van der Waals surface area contributed by atoms with Gasteiger partial charge in [-0.05, 0) is 42.3 Å². The number of sulfonamides is 1. The monoisotopic (exact) mass is 473 g/mol. The first-order chi connectivity index (χ1) is 14.2. The van der Waals surface area contributed by atoms with Crippen molar-refractivity contribution in [1.29, 1.82) is 0 Å². The molecule has 0 bridgehead atoms. The summed E-state index contributed by atoms with van der Waals surface area (Å²) in [5, 5.41) is 3.18. The number of benzene rings is 2. The first-order valence-corrected chi connectivity index (χ1v) is 11.6. The number of hydrogen-bond acceptors (Lipinski definition) is 4. The Morgan fingerprint density at radius 1 is 1.10 bits per heavy atom. The highest BCUT2D eigenvalue weighted by Crippen LogP contribution is 2.28. The van der Waals surface area contributed by atoms with Gasteiger partial charge in [-0.3, -0.25) is 9.69 Å². The zero-order valence-electron chi connectivity index (χ0n) is 16.4. The Bertz CT molecular complexity index is 1040. The number of nitrogens with zero attached hydrogens (tertiary/aromatic N) is 2. The van der Waals surface area contributed by atoms with Crippen LogP contribution in [0.4, 0.5) is 4.39 Å². The van der Waals surface area contributed by atoms with Crippen molar-refractivity contribution in [3.63, 3.8) is 0 Å². The minimum atomic E-state index is -3.77. The maximum absolute atomic E-state index is 13.6. The molecule has 30 heavy (non-hydrogen) atoms. The Balaban J connectivity index is 1.52. The Hall–Kier alpha value is -1.71. The first kappa shape index (κ1) is 23.0. The van der Waals surface area contributed by atoms with Gasteiger partial charge in [0.2, 0.25) is 15.9 Å². The van der Waals surface area contributed by atoms with Crippen LogP contribution in [-0.4, -0.2) is 56.3 Å². The Morgan fingerprint density at radius 3 is 2.47 bits per heavy atom. The number of amides is 1. The molecule has 1 fully saturated rings. The molecule has 10 heteroatoms. The largest absolute Gasteiger partial charge is 0.351 e. The number of carbonyl (C=O) groups is 1. The molecule has 1 heterocycles. The highest BCUT2D eigenvalue weighted by molar-refractivity contribution is 7.89. The second-order valence-corrected chi connectivity index (χ2v) is 9.87. The fourth-order valence-electron chi connectivity index (χ4n) is 3.15. The summed E-state index contributed by atoms with van der Waals surface area (Å²) in [5.41, 5.74) is 1.23. The molecule has 3 rings (SSSR count). The molecule has 0 aromatic heterocycles. The van der Waals surface area contributed by atoms with Gasteiger partial charge in [0.25, 0.3) is 0 Å². The molecule has 6 nitrogen and oxygen atoms in total. The summed E-state index contributed by atoms with van der Waals surface area (Å²) in [4.78, 5) is 14.1. The second-order valence-electron chi connectivity index (χ2n) is 7.12. The summed E-state index contributed by atoms with van der Waals surface area (Å²) < 4.78 is 40.6. The van der Waals surface area contributed by atoms with Crippen LogP contribution in [0.3, 0.4) is 0 Å². The molecule has 0 spiro atoms. The van der Waals surface area contributed by atoms with E-state index in [-0.39, 0.29) is 47.8 Å². The van der Waals surface area contributed by atoms with Crippen molar-refractivity contribution >= 4 is 39.1 Å². The van der Waals surface area contributed by atoms with Gasteiger partial charge < -0.3 is 5.32 Å². The molecule has 2 aromatic rings. The summed E-state index contributed by atoms with van der Waals surface area (Å²) >= 11 is 12.0. The Morgan fingerprint density at radius 2 is 1.80 bits per heavy atom. The molecular weight excluding hydrogens is 452 g/mol. The normalized spacial score (nSPS) is 15.9. The maximum atomic E-state index is 13.6. The van der Waals surface area contributed by atoms with Crippen molar-refractivity contribution in [3.8, 4) is 0 Å². The molecule has 0 unspecified atom stereocenters. The van der Waals surface area contributed by atoms with Gasteiger partial charge in [-0.2, -0.15) is 4.31 Å². The molecule has 1 aliphatic heterocycles. The quantitative estimate of drug-likeness (QED) is 0.699. The third kappa shape index (κ3) is 5.50. The number of nitrogens with one attached hydrogen (secondary N) is 1. The molecule has 0 atom stereocenters. The van der Waals surface area contributed by atoms with Crippen LogP contribution in [0.2, 0.25) is 10.0 Å². The molecule has 1 saturated heterocycles. The van der Waals surface area contributed by atoms with Crippen LogP contribution in [0.5, 0.6) is 0 Å². The van der Waals surface area contributed by atoms with Gasteiger partial charge in [0.05, 0.1) is 11.6 Å². The van der Waals surface area contributed by atoms with Gasteiger partial charge in [-0.25, -0.2) is 12.8 Å². The first-order valence-electron chi connectivity index (χ1n) is 9.36. The van der Waals surface area contributed by atoms with Crippen molar-refractivity contribution in [2.45, 2.75) is 18.4 Å². The molecule has 162 valence electrons. The zero-order chi connectivity index (χ0) is 21.9. The van der Waals surface area contributed by atoms with Gasteiger partial charge in [0, 0.05) is 37.7 Å². The van der Waals surface area contributed by atoms with Crippen molar-refractivity contribution in [2.24, 2.45) is 0 Å². The summed E-state index contributed by atoms with van der Waals surface area (Å²) in [6, 6.07) is 9.17. The van der Waals surface area contributed by atoms with E-state index in [0.717, 1.165) is 0 Å². The van der Waals surface area contributed by atoms with E-state index in [9.17, 15) is 17.6 Å². The molecular formula is C20H22Cl2FN3O3S. The summed E-state index contributed by atoms with van der Waals surface area (Å²) in [5.74, 6) is -0.510. The van der Waals surface area contributed by atoms with Crippen LogP contribution in [0, 0.1) is 12.7 Å². The van der Waals surface area contributed by atoms with E-state index >= 15 is 0 Å². The lowest BCUT2D eigenvalue weighted by Crippen LogP contribution is -2.51. The summed E-state index contributed by atoms with van der Waals surface area (Å²) in [7, 11) is -3.77. The maximum Gasteiger partial charge on any atom is 0.244 e. The minimum absolute atomic E-state index is 0.0202. The van der Waals surface area contributed by atoms with E-state index in [4.69, 9.17) is 23.2 Å². The molecule has 0 aliphatic carbocycles. The van der Waals surface area contributed by atoms with Gasteiger partial charge in [-0.1, -0.05) is 35.3 Å². The van der Waals surface area contributed by atoms with E-state index in [1.165, 1.54) is 28.6 Å². The molecule has 1 N–H and O–H groups in total. The average Bonchev–Trinajstić information content (AvgIpc) is 2.71. The lowest BCUT2D eigenvalue weighted by Gasteiger charge is -2.33. The Kier molecular flexibility index (Phi) is 7.36. The van der Waals surface area contributed by atoms with E-state index in [2.05, 4.69) is 5.32 Å². The van der Waals surface area contributed by atoms with Crippen LogP contribution in [0.15, 0.2) is 41.3 Å². The predicted octanol–water partition coefficient (Wildman–Crippen LogP) is 3.06. The van der Waals surface area contributed by atoms with Crippen molar-refractivity contribution < 1.29 is 17.6 Å². The fourth-order valence-corrected chi connectivity index (χ4v) is 5.31. The van der Waals surface area contributed by atoms with Gasteiger partial charge in [0.15, 0.2) is 0 Å². The summed E-state index contributed by atoms with van der Waals surface area (Å²) in [6.07, 6.45) is 0. The number of carbonyl (C=O) groups excluding carboxylic acids is 1. The van der Waals surface area contributed by atoms with Crippen LogP contribution in [0.1, 0.15) is 11.1 Å². The molecule has 2 aromatic carbocycles. The number of rotatable bonds is 6. The second kappa shape index (κ2) is 9.62. The highest BCUT2D eigenvalue weighted by atomic mass is 35.5. The van der Waals surface area contributed by atoms with Gasteiger partial charge in [-0.15, -0.1) is 0 Å². The Labute approximate surface area is 185 Å². The average molecular weight is 474 g/mol. The van der Waals surface area contributed by atoms with E-state index in [1.807, 2.05) is 4.90 Å². The lowest BCUT2D eigenvalue weighted by atomic mass is 10.1. The van der Waals surface area contributed by atoms with Crippen molar-refractivity contribution in [2.75, 3.05) is 32.7 Å². The standard InChI is InChI=1S/C20H22Cl2FN3O3S/c1-14-2-3-15(10-18(14)23)12-24-20(27)13-25-6-8-26(9-7-25)30(28,29)19-11-16(21)4-5-17(19)22/h2-5,10-11H,6-9,12-13H2,1H3,(H,24,27). The third-order valence-electron chi connectivity index (χ3n) is 4.94. The molecule has 0 radical (unpaired) electrons. The third-order valence-corrected chi connectivity index (χ3v) is 7.55. The van der Waals surface area contributed by atoms with E-state index < -0.39 is 10.0 Å². The van der Waals surface area contributed by atoms with Crippen LogP contribution < -0.4 is 5.32 Å². The summed E-state index contributed by atoms with van der Waals surface area (Å²) in [6.45, 7) is 3.34. The van der Waals surface area contributed by atoms with Crippen LogP contribution in [-0.2, 0) is 21.4 Å². The number of aryl methyl sites for hydroxylation is 1.